The minimum atomic E-state index is -0.737. The van der Waals surface area contributed by atoms with E-state index in [1.54, 1.807) is 4.90 Å². The topological polar surface area (TPSA) is 85.5 Å². The normalized spacial score (nSPS) is 21.0. The molecule has 4 rings (SSSR count). The van der Waals surface area contributed by atoms with E-state index in [0.29, 0.717) is 24.6 Å². The largest absolute Gasteiger partial charge is 0.367 e. The predicted octanol–water partition coefficient (Wildman–Crippen LogP) is 1.44. The summed E-state index contributed by atoms with van der Waals surface area (Å²) < 4.78 is 5.33. The molecule has 1 aliphatic carbocycles. The van der Waals surface area contributed by atoms with E-state index < -0.39 is 12.0 Å². The summed E-state index contributed by atoms with van der Waals surface area (Å²) in [5.41, 5.74) is 7.79. The third kappa shape index (κ3) is 2.73. The van der Waals surface area contributed by atoms with Crippen LogP contribution < -0.4 is 5.73 Å². The molecule has 1 aromatic carbocycles. The van der Waals surface area contributed by atoms with Gasteiger partial charge < -0.3 is 15.4 Å². The molecule has 124 valence electrons. The second kappa shape index (κ2) is 5.87. The Balaban J connectivity index is 1.72. The molecular formula is C18H19N3O3. The molecule has 0 spiro atoms. The quantitative estimate of drug-likeness (QED) is 0.925. The molecule has 2 N–H and O–H groups in total. The molecule has 1 atom stereocenters. The monoisotopic (exact) mass is 325 g/mol. The van der Waals surface area contributed by atoms with Crippen LogP contribution in [-0.4, -0.2) is 47.5 Å². The fraction of sp³-hybridized carbons (Fsp3) is 0.389. The number of rotatable bonds is 3. The zero-order chi connectivity index (χ0) is 16.7. The number of carbonyl (C=O) groups is 2. The van der Waals surface area contributed by atoms with Crippen LogP contribution in [0.2, 0.25) is 0 Å². The third-order valence-electron chi connectivity index (χ3n) is 4.63. The number of nitrogens with two attached hydrogens (primary N) is 1. The molecule has 24 heavy (non-hydrogen) atoms. The summed E-state index contributed by atoms with van der Waals surface area (Å²) >= 11 is 0. The van der Waals surface area contributed by atoms with Crippen LogP contribution in [0.3, 0.4) is 0 Å². The molecule has 2 heterocycles. The number of primary amides is 1. The first-order valence-electron chi connectivity index (χ1n) is 8.23. The second-order valence-electron chi connectivity index (χ2n) is 6.40. The lowest BCUT2D eigenvalue weighted by molar-refractivity contribution is -0.133. The summed E-state index contributed by atoms with van der Waals surface area (Å²) in [5.74, 6) is -0.167. The number of carbonyl (C=O) groups excluding carboxylic acids is 2. The molecule has 0 bridgehead atoms. The highest BCUT2D eigenvalue weighted by Gasteiger charge is 2.31. The molecule has 2 fully saturated rings. The Morgan fingerprint density at radius 2 is 2.04 bits per heavy atom. The van der Waals surface area contributed by atoms with E-state index in [2.05, 4.69) is 0 Å². The molecular weight excluding hydrogens is 306 g/mol. The Morgan fingerprint density at radius 1 is 1.25 bits per heavy atom. The lowest BCUT2D eigenvalue weighted by Crippen LogP contribution is -2.50. The van der Waals surface area contributed by atoms with Gasteiger partial charge in [-0.1, -0.05) is 18.2 Å². The highest BCUT2D eigenvalue weighted by molar-refractivity contribution is 6.06. The SMILES string of the molecule is NC(=O)C1CN(C(=O)c2cc(C3CC3)nc3ccccc23)CCO1. The molecule has 2 amide bonds. The van der Waals surface area contributed by atoms with Crippen molar-refractivity contribution in [2.75, 3.05) is 19.7 Å². The fourth-order valence-corrected chi connectivity index (χ4v) is 3.14. The smallest absolute Gasteiger partial charge is 0.254 e. The standard InChI is InChI=1S/C18H19N3O3/c19-17(22)16-10-21(7-8-24-16)18(23)13-9-15(11-5-6-11)20-14-4-2-1-3-12(13)14/h1-4,9,11,16H,5-8,10H2,(H2,19,22). The number of para-hydroxylation sites is 1. The van der Waals surface area contributed by atoms with Gasteiger partial charge in [-0.05, 0) is 25.0 Å². The van der Waals surface area contributed by atoms with Gasteiger partial charge in [0.05, 0.1) is 24.2 Å². The van der Waals surface area contributed by atoms with E-state index in [1.165, 1.54) is 0 Å². The van der Waals surface area contributed by atoms with E-state index in [1.807, 2.05) is 30.3 Å². The lowest BCUT2D eigenvalue weighted by Gasteiger charge is -2.31. The van der Waals surface area contributed by atoms with Gasteiger partial charge >= 0.3 is 0 Å². The van der Waals surface area contributed by atoms with Crippen LogP contribution in [-0.2, 0) is 9.53 Å². The van der Waals surface area contributed by atoms with Crippen LogP contribution in [0.25, 0.3) is 10.9 Å². The number of fused-ring (bicyclic) bond motifs is 1. The Labute approximate surface area is 139 Å². The molecule has 0 radical (unpaired) electrons. The summed E-state index contributed by atoms with van der Waals surface area (Å²) in [6.07, 6.45) is 1.51. The van der Waals surface area contributed by atoms with Crippen LogP contribution in [0.5, 0.6) is 0 Å². The van der Waals surface area contributed by atoms with Gasteiger partial charge in [-0.15, -0.1) is 0 Å². The van der Waals surface area contributed by atoms with Crippen molar-refractivity contribution in [2.45, 2.75) is 24.9 Å². The molecule has 1 aliphatic heterocycles. The van der Waals surface area contributed by atoms with Crippen molar-refractivity contribution in [3.05, 3.63) is 41.6 Å². The van der Waals surface area contributed by atoms with E-state index >= 15 is 0 Å². The van der Waals surface area contributed by atoms with Crippen LogP contribution in [0.4, 0.5) is 0 Å². The number of aromatic nitrogens is 1. The Kier molecular flexibility index (Phi) is 3.69. The Hall–Kier alpha value is -2.47. The number of nitrogens with zero attached hydrogens (tertiary/aromatic N) is 2. The zero-order valence-electron chi connectivity index (χ0n) is 13.3. The molecule has 1 saturated carbocycles. The van der Waals surface area contributed by atoms with Crippen LogP contribution in [0, 0.1) is 0 Å². The molecule has 1 unspecified atom stereocenters. The van der Waals surface area contributed by atoms with E-state index in [0.717, 1.165) is 29.4 Å². The summed E-state index contributed by atoms with van der Waals surface area (Å²) in [6, 6.07) is 9.60. The van der Waals surface area contributed by atoms with Crippen molar-refractivity contribution in [3.8, 4) is 0 Å². The van der Waals surface area contributed by atoms with Crippen molar-refractivity contribution < 1.29 is 14.3 Å². The first-order valence-corrected chi connectivity index (χ1v) is 8.23. The lowest BCUT2D eigenvalue weighted by atomic mass is 10.0. The third-order valence-corrected chi connectivity index (χ3v) is 4.63. The highest BCUT2D eigenvalue weighted by atomic mass is 16.5. The maximum atomic E-state index is 13.1. The predicted molar refractivity (Wildman–Crippen MR) is 88.6 cm³/mol. The molecule has 6 nitrogen and oxygen atoms in total. The minimum Gasteiger partial charge on any atom is -0.367 e. The molecule has 2 aromatic rings. The van der Waals surface area contributed by atoms with Crippen molar-refractivity contribution in [2.24, 2.45) is 5.73 Å². The zero-order valence-corrected chi connectivity index (χ0v) is 13.3. The summed E-state index contributed by atoms with van der Waals surface area (Å²) in [4.78, 5) is 30.8. The second-order valence-corrected chi connectivity index (χ2v) is 6.40. The minimum absolute atomic E-state index is 0.0925. The van der Waals surface area contributed by atoms with Crippen molar-refractivity contribution in [1.82, 2.24) is 9.88 Å². The van der Waals surface area contributed by atoms with E-state index in [-0.39, 0.29) is 12.5 Å². The first kappa shape index (κ1) is 15.1. The Morgan fingerprint density at radius 3 is 2.79 bits per heavy atom. The van der Waals surface area contributed by atoms with Gasteiger partial charge in [-0.25, -0.2) is 0 Å². The van der Waals surface area contributed by atoms with E-state index in [4.69, 9.17) is 15.5 Å². The summed E-state index contributed by atoms with van der Waals surface area (Å²) in [5, 5.41) is 0.842. The van der Waals surface area contributed by atoms with Gasteiger partial charge in [0.25, 0.3) is 5.91 Å². The number of amides is 2. The van der Waals surface area contributed by atoms with Gasteiger partial charge in [0.15, 0.2) is 6.10 Å². The summed E-state index contributed by atoms with van der Waals surface area (Å²) in [7, 11) is 0. The first-order chi connectivity index (χ1) is 11.6. The van der Waals surface area contributed by atoms with Crippen LogP contribution in [0.15, 0.2) is 30.3 Å². The maximum Gasteiger partial charge on any atom is 0.254 e. The van der Waals surface area contributed by atoms with E-state index in [9.17, 15) is 9.59 Å². The van der Waals surface area contributed by atoms with Gasteiger partial charge in [0.2, 0.25) is 5.91 Å². The molecule has 2 aliphatic rings. The Bertz CT molecular complexity index is 816. The number of hydrogen-bond acceptors (Lipinski definition) is 4. The average Bonchev–Trinajstić information content (AvgIpc) is 3.45. The van der Waals surface area contributed by atoms with Gasteiger partial charge in [0, 0.05) is 23.5 Å². The van der Waals surface area contributed by atoms with Crippen LogP contribution >= 0.6 is 0 Å². The number of morpholine rings is 1. The number of hydrogen-bond donors (Lipinski definition) is 1. The van der Waals surface area contributed by atoms with Gasteiger partial charge in [0.1, 0.15) is 0 Å². The number of benzene rings is 1. The van der Waals surface area contributed by atoms with Crippen LogP contribution in [0.1, 0.15) is 34.8 Å². The number of ether oxygens (including phenoxy) is 1. The van der Waals surface area contributed by atoms with Crippen molar-refractivity contribution in [1.29, 1.82) is 0 Å². The van der Waals surface area contributed by atoms with Crippen molar-refractivity contribution in [3.63, 3.8) is 0 Å². The number of pyridine rings is 1. The average molecular weight is 325 g/mol. The highest BCUT2D eigenvalue weighted by Crippen LogP contribution is 2.40. The van der Waals surface area contributed by atoms with Gasteiger partial charge in [-0.3, -0.25) is 14.6 Å². The van der Waals surface area contributed by atoms with Crippen molar-refractivity contribution >= 4 is 22.7 Å². The van der Waals surface area contributed by atoms with Gasteiger partial charge in [-0.2, -0.15) is 0 Å². The molecule has 6 heteroatoms. The molecule has 1 aromatic heterocycles. The summed E-state index contributed by atoms with van der Waals surface area (Å²) in [6.45, 7) is 0.972. The molecule has 1 saturated heterocycles. The fourth-order valence-electron chi connectivity index (χ4n) is 3.14. The maximum absolute atomic E-state index is 13.1.